The number of carbonyl (C=O) groups is 2. The predicted octanol–water partition coefficient (Wildman–Crippen LogP) is 5.18. The molecule has 0 radical (unpaired) electrons. The molecule has 34 heavy (non-hydrogen) atoms. The number of rotatable bonds is 6. The number of pyridine rings is 1. The van der Waals surface area contributed by atoms with Gasteiger partial charge in [-0.1, -0.05) is 48.5 Å². The van der Waals surface area contributed by atoms with E-state index in [0.29, 0.717) is 24.0 Å². The van der Waals surface area contributed by atoms with E-state index in [-0.39, 0.29) is 12.5 Å². The zero-order valence-electron chi connectivity index (χ0n) is 18.6. The number of para-hydroxylation sites is 1. The highest BCUT2D eigenvalue weighted by molar-refractivity contribution is 6.07. The van der Waals surface area contributed by atoms with E-state index in [2.05, 4.69) is 5.32 Å². The Morgan fingerprint density at radius 3 is 2.65 bits per heavy atom. The molecule has 6 heteroatoms. The molecule has 0 fully saturated rings. The van der Waals surface area contributed by atoms with Crippen LogP contribution in [0.15, 0.2) is 77.4 Å². The minimum absolute atomic E-state index is 0.341. The van der Waals surface area contributed by atoms with Gasteiger partial charge in [-0.05, 0) is 60.2 Å². The number of furan rings is 1. The van der Waals surface area contributed by atoms with E-state index in [1.165, 1.54) is 0 Å². The van der Waals surface area contributed by atoms with Gasteiger partial charge >= 0.3 is 5.97 Å². The van der Waals surface area contributed by atoms with E-state index in [4.69, 9.17) is 14.1 Å². The average molecular weight is 453 g/mol. The average Bonchev–Trinajstić information content (AvgIpc) is 3.39. The molecule has 5 rings (SSSR count). The van der Waals surface area contributed by atoms with E-state index in [1.807, 2.05) is 72.8 Å². The zero-order valence-corrected chi connectivity index (χ0v) is 18.6. The summed E-state index contributed by atoms with van der Waals surface area (Å²) >= 11 is 0. The third-order valence-electron chi connectivity index (χ3n) is 5.90. The topological polar surface area (TPSA) is 81.4 Å². The van der Waals surface area contributed by atoms with Gasteiger partial charge in [0.05, 0.1) is 23.0 Å². The number of hydrogen-bond donors (Lipinski definition) is 1. The molecule has 1 aliphatic carbocycles. The van der Waals surface area contributed by atoms with Crippen molar-refractivity contribution in [1.29, 1.82) is 0 Å². The molecule has 4 aromatic rings. The second kappa shape index (κ2) is 9.75. The lowest BCUT2D eigenvalue weighted by Crippen LogP contribution is -2.28. The molecule has 1 N–H and O–H groups in total. The van der Waals surface area contributed by atoms with Gasteiger partial charge in [-0.15, -0.1) is 0 Å². The zero-order chi connectivity index (χ0) is 23.3. The smallest absolute Gasteiger partial charge is 0.339 e. The number of fused-ring (bicyclic) bond motifs is 2. The van der Waals surface area contributed by atoms with Crippen molar-refractivity contribution in [2.45, 2.75) is 25.8 Å². The second-order valence-corrected chi connectivity index (χ2v) is 8.21. The van der Waals surface area contributed by atoms with Crippen LogP contribution in [0.3, 0.4) is 0 Å². The van der Waals surface area contributed by atoms with Crippen LogP contribution in [0.4, 0.5) is 0 Å². The summed E-state index contributed by atoms with van der Waals surface area (Å²) in [5, 5.41) is 3.52. The molecule has 0 spiro atoms. The van der Waals surface area contributed by atoms with Crippen molar-refractivity contribution >= 4 is 34.4 Å². The van der Waals surface area contributed by atoms with Crippen molar-refractivity contribution in [3.8, 4) is 0 Å². The number of ether oxygens (including phenoxy) is 1. The van der Waals surface area contributed by atoms with Crippen LogP contribution < -0.4 is 5.32 Å². The van der Waals surface area contributed by atoms with Crippen LogP contribution in [0.2, 0.25) is 0 Å². The fourth-order valence-corrected chi connectivity index (χ4v) is 4.30. The number of aromatic nitrogens is 1. The number of nitrogens with one attached hydrogen (secondary N) is 1. The molecule has 2 heterocycles. The molecule has 6 nitrogen and oxygen atoms in total. The van der Waals surface area contributed by atoms with Gasteiger partial charge in [0.2, 0.25) is 0 Å². The molecule has 2 aromatic carbocycles. The van der Waals surface area contributed by atoms with Gasteiger partial charge < -0.3 is 14.5 Å². The van der Waals surface area contributed by atoms with Crippen LogP contribution in [0.25, 0.3) is 22.6 Å². The predicted molar refractivity (Wildman–Crippen MR) is 130 cm³/mol. The fraction of sp³-hybridized carbons (Fsp3) is 0.179. The first-order chi connectivity index (χ1) is 16.7. The maximum atomic E-state index is 13.3. The summed E-state index contributed by atoms with van der Waals surface area (Å²) < 4.78 is 11.0. The standard InChI is InChI=1S/C28H24N2O4/c31-25(29-17-19-8-2-1-3-9-19)18-34-28(32)26-22-12-4-5-14-24(22)30-27-20(10-6-13-23(26)27)16-21-11-7-15-33-21/h1-5,7-9,11-12,14-16H,6,10,13,17-18H2,(H,29,31)/b20-16+. The van der Waals surface area contributed by atoms with Gasteiger partial charge in [0, 0.05) is 11.9 Å². The largest absolute Gasteiger partial charge is 0.465 e. The summed E-state index contributed by atoms with van der Waals surface area (Å²) in [6, 6.07) is 20.9. The van der Waals surface area contributed by atoms with E-state index < -0.39 is 5.97 Å². The second-order valence-electron chi connectivity index (χ2n) is 8.21. The van der Waals surface area contributed by atoms with Crippen molar-refractivity contribution in [2.75, 3.05) is 6.61 Å². The Balaban J connectivity index is 1.41. The Hall–Kier alpha value is -4.19. The molecule has 0 aliphatic heterocycles. The summed E-state index contributed by atoms with van der Waals surface area (Å²) in [5.41, 5.74) is 4.86. The SMILES string of the molecule is O=C(COC(=O)c1c2c(nc3ccccc13)/C(=C/c1ccco1)CCC2)NCc1ccccc1. The molecule has 0 atom stereocenters. The molecule has 2 aromatic heterocycles. The van der Waals surface area contributed by atoms with Crippen LogP contribution in [0.1, 0.15) is 45.8 Å². The molecule has 170 valence electrons. The quantitative estimate of drug-likeness (QED) is 0.408. The summed E-state index contributed by atoms with van der Waals surface area (Å²) in [5.74, 6) is -0.108. The lowest BCUT2D eigenvalue weighted by Gasteiger charge is -2.22. The molecular weight excluding hydrogens is 428 g/mol. The number of esters is 1. The summed E-state index contributed by atoms with van der Waals surface area (Å²) in [4.78, 5) is 30.5. The van der Waals surface area contributed by atoms with Crippen molar-refractivity contribution in [3.05, 3.63) is 101 Å². The first kappa shape index (κ1) is 21.6. The van der Waals surface area contributed by atoms with Crippen LogP contribution in [-0.4, -0.2) is 23.5 Å². The number of benzene rings is 2. The summed E-state index contributed by atoms with van der Waals surface area (Å²) in [6.45, 7) is 0.0396. The van der Waals surface area contributed by atoms with E-state index in [1.54, 1.807) is 6.26 Å². The maximum absolute atomic E-state index is 13.3. The van der Waals surface area contributed by atoms with Gasteiger partial charge in [0.1, 0.15) is 5.76 Å². The van der Waals surface area contributed by atoms with Gasteiger partial charge in [0.15, 0.2) is 6.61 Å². The number of allylic oxidation sites excluding steroid dienone is 1. The molecule has 0 unspecified atom stereocenters. The summed E-state index contributed by atoms with van der Waals surface area (Å²) in [7, 11) is 0. The molecule has 0 bridgehead atoms. The Morgan fingerprint density at radius 1 is 1.00 bits per heavy atom. The number of nitrogens with zero attached hydrogens (tertiary/aromatic N) is 1. The highest BCUT2D eigenvalue weighted by Gasteiger charge is 2.26. The Morgan fingerprint density at radius 2 is 1.82 bits per heavy atom. The van der Waals surface area contributed by atoms with Gasteiger partial charge in [-0.25, -0.2) is 9.78 Å². The van der Waals surface area contributed by atoms with Crippen molar-refractivity contribution in [3.63, 3.8) is 0 Å². The number of hydrogen-bond acceptors (Lipinski definition) is 5. The maximum Gasteiger partial charge on any atom is 0.339 e. The van der Waals surface area contributed by atoms with Crippen LogP contribution >= 0.6 is 0 Å². The van der Waals surface area contributed by atoms with Crippen LogP contribution in [0.5, 0.6) is 0 Å². The molecule has 1 aliphatic rings. The molecule has 0 saturated heterocycles. The number of amides is 1. The lowest BCUT2D eigenvalue weighted by molar-refractivity contribution is -0.124. The molecule has 0 saturated carbocycles. The first-order valence-electron chi connectivity index (χ1n) is 11.3. The third kappa shape index (κ3) is 4.62. The fourth-order valence-electron chi connectivity index (χ4n) is 4.30. The lowest BCUT2D eigenvalue weighted by atomic mass is 9.86. The van der Waals surface area contributed by atoms with Gasteiger partial charge in [-0.3, -0.25) is 4.79 Å². The van der Waals surface area contributed by atoms with E-state index in [9.17, 15) is 9.59 Å². The number of carbonyl (C=O) groups excluding carboxylic acids is 2. The minimum Gasteiger partial charge on any atom is -0.465 e. The van der Waals surface area contributed by atoms with Crippen molar-refractivity contribution < 1.29 is 18.7 Å². The van der Waals surface area contributed by atoms with Crippen LogP contribution in [-0.2, 0) is 22.5 Å². The van der Waals surface area contributed by atoms with Crippen molar-refractivity contribution in [1.82, 2.24) is 10.3 Å². The normalized spacial score (nSPS) is 14.1. The van der Waals surface area contributed by atoms with Crippen LogP contribution in [0, 0.1) is 0 Å². The third-order valence-corrected chi connectivity index (χ3v) is 5.90. The minimum atomic E-state index is -0.510. The molecular formula is C28H24N2O4. The van der Waals surface area contributed by atoms with Gasteiger partial charge in [-0.2, -0.15) is 0 Å². The highest BCUT2D eigenvalue weighted by atomic mass is 16.5. The van der Waals surface area contributed by atoms with Gasteiger partial charge in [0.25, 0.3) is 5.91 Å². The van der Waals surface area contributed by atoms with E-state index in [0.717, 1.165) is 46.4 Å². The monoisotopic (exact) mass is 452 g/mol. The Labute approximate surface area is 197 Å². The summed E-state index contributed by atoms with van der Waals surface area (Å²) in [6.07, 6.45) is 6.06. The molecule has 1 amide bonds. The highest BCUT2D eigenvalue weighted by Crippen LogP contribution is 2.36. The first-order valence-corrected chi connectivity index (χ1v) is 11.3. The van der Waals surface area contributed by atoms with E-state index >= 15 is 0 Å². The van der Waals surface area contributed by atoms with Crippen molar-refractivity contribution in [2.24, 2.45) is 0 Å². The Bertz CT molecular complexity index is 1360. The Kier molecular flexibility index (Phi) is 6.21.